The monoisotopic (exact) mass is 234 g/mol. The zero-order valence-electron chi connectivity index (χ0n) is 6.55. The fourth-order valence-corrected chi connectivity index (χ4v) is 5.18. The summed E-state index contributed by atoms with van der Waals surface area (Å²) in [4.78, 5) is 0. The fraction of sp³-hybridized carbons (Fsp3) is 0.143. The van der Waals surface area contributed by atoms with Crippen LogP contribution < -0.4 is 5.19 Å². The first-order chi connectivity index (χ1) is 5.67. The predicted molar refractivity (Wildman–Crippen MR) is 56.2 cm³/mol. The van der Waals surface area contributed by atoms with Crippen LogP contribution >= 0.6 is 22.2 Å². The molecule has 1 unspecified atom stereocenters. The molecule has 1 atom stereocenters. The molecule has 5 heteroatoms. The van der Waals surface area contributed by atoms with Gasteiger partial charge in [0.2, 0.25) is 0 Å². The maximum absolute atomic E-state index is 6.20. The predicted octanol–water partition coefficient (Wildman–Crippen LogP) is 1.99. The second kappa shape index (κ2) is 4.44. The molecule has 1 aromatic rings. The minimum atomic E-state index is -2.23. The Labute approximate surface area is 85.1 Å². The van der Waals surface area contributed by atoms with Crippen LogP contribution in [0.2, 0.25) is 6.55 Å². The van der Waals surface area contributed by atoms with Gasteiger partial charge in [0.05, 0.1) is 0 Å². The molecule has 2 radical (unpaired) electrons. The number of hydrogen-bond acceptors (Lipinski definition) is 1. The molecule has 0 aliphatic rings. The van der Waals surface area contributed by atoms with E-state index in [0.29, 0.717) is 0 Å². The van der Waals surface area contributed by atoms with Crippen molar-refractivity contribution in [3.8, 4) is 0 Å². The molecule has 0 amide bonds. The van der Waals surface area contributed by atoms with Crippen molar-refractivity contribution in [1.29, 1.82) is 0 Å². The summed E-state index contributed by atoms with van der Waals surface area (Å²) in [5.41, 5.74) is 0. The Kier molecular flexibility index (Phi) is 3.80. The Hall–Kier alpha value is 0.194. The van der Waals surface area contributed by atoms with Crippen molar-refractivity contribution in [1.82, 2.24) is 0 Å². The summed E-state index contributed by atoms with van der Waals surface area (Å²) in [5.74, 6) is 0. The molecular weight excluding hydrogens is 227 g/mol. The van der Waals surface area contributed by atoms with Crippen molar-refractivity contribution >= 4 is 44.0 Å². The van der Waals surface area contributed by atoms with E-state index < -0.39 is 7.63 Å². The highest BCUT2D eigenvalue weighted by Gasteiger charge is 2.28. The van der Waals surface area contributed by atoms with Crippen LogP contribution in [-0.2, 0) is 4.12 Å². The molecular formula is C7H8Cl2OSi2. The zero-order valence-corrected chi connectivity index (χ0v) is 10.1. The highest BCUT2D eigenvalue weighted by molar-refractivity contribution is 7.25. The first kappa shape index (κ1) is 10.3. The Morgan fingerprint density at radius 3 is 2.42 bits per heavy atom. The molecule has 1 aromatic carbocycles. The van der Waals surface area contributed by atoms with Crippen LogP contribution in [-0.4, -0.2) is 16.7 Å². The molecule has 0 bridgehead atoms. The van der Waals surface area contributed by atoms with Crippen molar-refractivity contribution < 1.29 is 4.12 Å². The van der Waals surface area contributed by atoms with E-state index in [-0.39, 0.29) is 9.07 Å². The van der Waals surface area contributed by atoms with E-state index in [2.05, 4.69) is 0 Å². The third-order valence-electron chi connectivity index (χ3n) is 1.52. The van der Waals surface area contributed by atoms with Gasteiger partial charge in [0, 0.05) is 0 Å². The molecule has 0 saturated carbocycles. The van der Waals surface area contributed by atoms with Gasteiger partial charge in [-0.25, -0.2) is 0 Å². The summed E-state index contributed by atoms with van der Waals surface area (Å²) in [6.07, 6.45) is 0. The van der Waals surface area contributed by atoms with Crippen molar-refractivity contribution in [2.45, 2.75) is 6.55 Å². The minimum absolute atomic E-state index is 0.0633. The second-order valence-corrected chi connectivity index (χ2v) is 8.47. The highest BCUT2D eigenvalue weighted by Crippen LogP contribution is 2.10. The quantitative estimate of drug-likeness (QED) is 0.575. The van der Waals surface area contributed by atoms with E-state index in [1.54, 1.807) is 0 Å². The number of rotatable bonds is 3. The van der Waals surface area contributed by atoms with Crippen LogP contribution in [0.25, 0.3) is 0 Å². The van der Waals surface area contributed by atoms with Crippen molar-refractivity contribution in [2.75, 3.05) is 0 Å². The lowest BCUT2D eigenvalue weighted by atomic mass is 10.4. The van der Waals surface area contributed by atoms with Gasteiger partial charge >= 0.3 is 16.7 Å². The number of benzene rings is 1. The van der Waals surface area contributed by atoms with E-state index in [1.165, 1.54) is 0 Å². The maximum Gasteiger partial charge on any atom is 0.346 e. The van der Waals surface area contributed by atoms with Crippen LogP contribution in [0, 0.1) is 0 Å². The average Bonchev–Trinajstić information content (AvgIpc) is 2.06. The fourth-order valence-electron chi connectivity index (χ4n) is 0.867. The van der Waals surface area contributed by atoms with Gasteiger partial charge in [0.25, 0.3) is 0 Å². The van der Waals surface area contributed by atoms with Crippen LogP contribution in [0.4, 0.5) is 0 Å². The van der Waals surface area contributed by atoms with Crippen molar-refractivity contribution in [3.05, 3.63) is 30.3 Å². The van der Waals surface area contributed by atoms with Crippen LogP contribution in [0.15, 0.2) is 30.3 Å². The molecule has 0 spiro atoms. The van der Waals surface area contributed by atoms with Crippen LogP contribution in [0.1, 0.15) is 0 Å². The molecule has 0 aromatic heterocycles. The van der Waals surface area contributed by atoms with Gasteiger partial charge in [-0.1, -0.05) is 30.3 Å². The molecule has 0 aliphatic heterocycles. The summed E-state index contributed by atoms with van der Waals surface area (Å²) >= 11 is 11.7. The van der Waals surface area contributed by atoms with Gasteiger partial charge < -0.3 is 4.12 Å². The SMILES string of the molecule is C[Si](Cl)(O[Si]Cl)c1ccccc1. The Balaban J connectivity index is 2.82. The second-order valence-electron chi connectivity index (χ2n) is 2.46. The van der Waals surface area contributed by atoms with Crippen molar-refractivity contribution in [3.63, 3.8) is 0 Å². The van der Waals surface area contributed by atoms with E-state index in [4.69, 9.17) is 26.3 Å². The molecule has 1 rings (SSSR count). The third-order valence-corrected chi connectivity index (χ3v) is 6.77. The topological polar surface area (TPSA) is 9.23 Å². The Morgan fingerprint density at radius 2 is 1.92 bits per heavy atom. The summed E-state index contributed by atoms with van der Waals surface area (Å²) in [5, 5.41) is 1.06. The number of hydrogen-bond donors (Lipinski definition) is 0. The third kappa shape index (κ3) is 2.60. The maximum atomic E-state index is 6.20. The van der Waals surface area contributed by atoms with Crippen molar-refractivity contribution in [2.24, 2.45) is 0 Å². The summed E-state index contributed by atoms with van der Waals surface area (Å²) in [6.45, 7) is 1.92. The molecule has 0 N–H and O–H groups in total. The Morgan fingerprint density at radius 1 is 1.33 bits per heavy atom. The summed E-state index contributed by atoms with van der Waals surface area (Å²) in [7, 11) is -2.29. The van der Waals surface area contributed by atoms with Gasteiger partial charge in [-0.15, -0.1) is 22.2 Å². The van der Waals surface area contributed by atoms with E-state index >= 15 is 0 Å². The molecule has 0 saturated heterocycles. The molecule has 0 aliphatic carbocycles. The molecule has 64 valence electrons. The lowest BCUT2D eigenvalue weighted by Gasteiger charge is -2.18. The normalized spacial score (nSPS) is 15.6. The van der Waals surface area contributed by atoms with Gasteiger partial charge in [-0.05, 0) is 11.7 Å². The van der Waals surface area contributed by atoms with Gasteiger partial charge in [-0.3, -0.25) is 0 Å². The van der Waals surface area contributed by atoms with E-state index in [0.717, 1.165) is 5.19 Å². The minimum Gasteiger partial charge on any atom is -0.429 e. The first-order valence-electron chi connectivity index (χ1n) is 3.45. The van der Waals surface area contributed by atoms with Gasteiger partial charge in [0.15, 0.2) is 0 Å². The Bertz CT molecular complexity index is 240. The number of halogens is 2. The average molecular weight is 235 g/mol. The lowest BCUT2D eigenvalue weighted by Crippen LogP contribution is -2.42. The van der Waals surface area contributed by atoms with Crippen LogP contribution in [0.5, 0.6) is 0 Å². The molecule has 1 nitrogen and oxygen atoms in total. The van der Waals surface area contributed by atoms with Gasteiger partial charge in [0.1, 0.15) is 0 Å². The van der Waals surface area contributed by atoms with Gasteiger partial charge in [-0.2, -0.15) is 0 Å². The van der Waals surface area contributed by atoms with E-state index in [1.807, 2.05) is 36.9 Å². The summed E-state index contributed by atoms with van der Waals surface area (Å²) < 4.78 is 5.31. The molecule has 0 heterocycles. The lowest BCUT2D eigenvalue weighted by molar-refractivity contribution is 0.638. The van der Waals surface area contributed by atoms with Crippen LogP contribution in [0.3, 0.4) is 0 Å². The molecule has 0 fully saturated rings. The summed E-state index contributed by atoms with van der Waals surface area (Å²) in [6, 6.07) is 9.79. The standard InChI is InChI=1S/C7H8Cl2OSi2/c1-12(9,10-11-8)7-5-3-2-4-6-7/h2-6H,1H3. The molecule has 12 heavy (non-hydrogen) atoms. The smallest absolute Gasteiger partial charge is 0.346 e. The highest BCUT2D eigenvalue weighted by atomic mass is 35.6. The van der Waals surface area contributed by atoms with E-state index in [9.17, 15) is 0 Å². The zero-order chi connectivity index (χ0) is 9.03. The first-order valence-corrected chi connectivity index (χ1v) is 8.79. The largest absolute Gasteiger partial charge is 0.429 e.